The van der Waals surface area contributed by atoms with Crippen molar-refractivity contribution in [3.8, 4) is 0 Å². The Bertz CT molecular complexity index is 546. The van der Waals surface area contributed by atoms with Crippen LogP contribution in [0.5, 0.6) is 0 Å². The number of quaternary nitrogens is 1. The second-order valence-corrected chi connectivity index (χ2v) is 5.38. The second kappa shape index (κ2) is 7.60. The number of alkyl halides is 3. The number of nitrogens with zero attached hydrogens (tertiary/aromatic N) is 1. The van der Waals surface area contributed by atoms with E-state index < -0.39 is 22.4 Å². The van der Waals surface area contributed by atoms with E-state index in [9.17, 15) is 23.3 Å². The molecule has 0 radical (unpaired) electrons. The molecular weight excluding hydrogens is 315 g/mol. The SMILES string of the molecule is O=[N+]([O-])c1cc(C(F)(F)F)ccc1NCCC[NH+]1CCOCC1. The number of benzene rings is 1. The lowest BCUT2D eigenvalue weighted by Gasteiger charge is -2.23. The van der Waals surface area contributed by atoms with Gasteiger partial charge in [-0.3, -0.25) is 10.1 Å². The Morgan fingerprint density at radius 1 is 1.30 bits per heavy atom. The molecule has 1 heterocycles. The fraction of sp³-hybridized carbons (Fsp3) is 0.571. The Morgan fingerprint density at radius 3 is 2.61 bits per heavy atom. The maximum Gasteiger partial charge on any atom is 0.416 e. The van der Waals surface area contributed by atoms with Crippen molar-refractivity contribution in [1.29, 1.82) is 0 Å². The summed E-state index contributed by atoms with van der Waals surface area (Å²) >= 11 is 0. The molecule has 0 bridgehead atoms. The van der Waals surface area contributed by atoms with Crippen molar-refractivity contribution >= 4 is 11.4 Å². The van der Waals surface area contributed by atoms with E-state index in [1.807, 2.05) is 0 Å². The van der Waals surface area contributed by atoms with Crippen LogP contribution in [0.1, 0.15) is 12.0 Å². The van der Waals surface area contributed by atoms with E-state index in [0.717, 1.165) is 51.4 Å². The molecule has 1 aliphatic heterocycles. The van der Waals surface area contributed by atoms with Gasteiger partial charge in [0.25, 0.3) is 5.69 Å². The fourth-order valence-corrected chi connectivity index (χ4v) is 2.48. The zero-order valence-electron chi connectivity index (χ0n) is 12.5. The Hall–Kier alpha value is -1.87. The van der Waals surface area contributed by atoms with Gasteiger partial charge in [0.15, 0.2) is 0 Å². The number of ether oxygens (including phenoxy) is 1. The van der Waals surface area contributed by atoms with E-state index in [2.05, 4.69) is 5.32 Å². The molecule has 1 aromatic carbocycles. The van der Waals surface area contributed by atoms with Crippen molar-refractivity contribution in [2.24, 2.45) is 0 Å². The van der Waals surface area contributed by atoms with E-state index in [1.54, 1.807) is 0 Å². The normalized spacial score (nSPS) is 16.3. The van der Waals surface area contributed by atoms with Gasteiger partial charge in [-0.15, -0.1) is 0 Å². The van der Waals surface area contributed by atoms with E-state index in [-0.39, 0.29) is 5.69 Å². The molecule has 0 spiro atoms. The average Bonchev–Trinajstić information content (AvgIpc) is 2.51. The number of nitrogens with one attached hydrogen (secondary N) is 2. The van der Waals surface area contributed by atoms with Crippen LogP contribution in [0.4, 0.5) is 24.5 Å². The predicted molar refractivity (Wildman–Crippen MR) is 77.6 cm³/mol. The minimum Gasteiger partial charge on any atom is -0.379 e. The second-order valence-electron chi connectivity index (χ2n) is 5.38. The molecule has 2 rings (SSSR count). The molecule has 1 saturated heterocycles. The molecule has 0 amide bonds. The quantitative estimate of drug-likeness (QED) is 0.468. The van der Waals surface area contributed by atoms with Crippen LogP contribution < -0.4 is 10.2 Å². The summed E-state index contributed by atoms with van der Waals surface area (Å²) in [6.07, 6.45) is -3.82. The molecule has 128 valence electrons. The zero-order chi connectivity index (χ0) is 16.9. The predicted octanol–water partition coefficient (Wildman–Crippen LogP) is 1.33. The summed E-state index contributed by atoms with van der Waals surface area (Å²) in [6.45, 7) is 4.68. The Kier molecular flexibility index (Phi) is 5.78. The molecule has 2 N–H and O–H groups in total. The largest absolute Gasteiger partial charge is 0.416 e. The number of halogens is 3. The maximum absolute atomic E-state index is 12.6. The molecule has 0 unspecified atom stereocenters. The van der Waals surface area contributed by atoms with Gasteiger partial charge in [0.2, 0.25) is 0 Å². The maximum atomic E-state index is 12.6. The van der Waals surface area contributed by atoms with Crippen LogP contribution >= 0.6 is 0 Å². The number of nitro benzene ring substituents is 1. The highest BCUT2D eigenvalue weighted by atomic mass is 19.4. The monoisotopic (exact) mass is 334 g/mol. The summed E-state index contributed by atoms with van der Waals surface area (Å²) in [4.78, 5) is 11.6. The van der Waals surface area contributed by atoms with Gasteiger partial charge < -0.3 is 15.0 Å². The van der Waals surface area contributed by atoms with Crippen molar-refractivity contribution in [2.45, 2.75) is 12.6 Å². The van der Waals surface area contributed by atoms with Crippen LogP contribution in [-0.4, -0.2) is 44.3 Å². The van der Waals surface area contributed by atoms with Crippen LogP contribution in [0.15, 0.2) is 18.2 Å². The van der Waals surface area contributed by atoms with Crippen LogP contribution in [0, 0.1) is 10.1 Å². The smallest absolute Gasteiger partial charge is 0.379 e. The molecule has 9 heteroatoms. The van der Waals surface area contributed by atoms with E-state index in [4.69, 9.17) is 4.74 Å². The number of anilines is 1. The van der Waals surface area contributed by atoms with Gasteiger partial charge in [0.05, 0.1) is 30.2 Å². The standard InChI is InChI=1S/C14H18F3N3O3/c15-14(16,17)11-2-3-12(13(10-11)20(21)22)18-4-1-5-19-6-8-23-9-7-19/h2-3,10,18H,1,4-9H2/p+1. The minimum atomic E-state index is -4.59. The minimum absolute atomic E-state index is 0.111. The number of hydrogen-bond donors (Lipinski definition) is 2. The molecule has 23 heavy (non-hydrogen) atoms. The van der Waals surface area contributed by atoms with Gasteiger partial charge in [-0.2, -0.15) is 13.2 Å². The van der Waals surface area contributed by atoms with E-state index >= 15 is 0 Å². The third-order valence-electron chi connectivity index (χ3n) is 3.74. The lowest BCUT2D eigenvalue weighted by Crippen LogP contribution is -3.14. The van der Waals surface area contributed by atoms with Crippen molar-refractivity contribution in [3.05, 3.63) is 33.9 Å². The summed E-state index contributed by atoms with van der Waals surface area (Å²) < 4.78 is 43.1. The molecule has 0 aromatic heterocycles. The zero-order valence-corrected chi connectivity index (χ0v) is 12.5. The number of rotatable bonds is 6. The molecular formula is C14H19F3N3O3+. The van der Waals surface area contributed by atoms with Crippen molar-refractivity contribution in [2.75, 3.05) is 44.7 Å². The van der Waals surface area contributed by atoms with Crippen LogP contribution in [0.3, 0.4) is 0 Å². The van der Waals surface area contributed by atoms with Gasteiger partial charge >= 0.3 is 6.18 Å². The Balaban J connectivity index is 1.92. The van der Waals surface area contributed by atoms with Crippen molar-refractivity contribution in [3.63, 3.8) is 0 Å². The molecule has 1 fully saturated rings. The fourth-order valence-electron chi connectivity index (χ4n) is 2.48. The third kappa shape index (κ3) is 5.07. The first-order chi connectivity index (χ1) is 10.9. The van der Waals surface area contributed by atoms with E-state index in [1.165, 1.54) is 4.90 Å². The van der Waals surface area contributed by atoms with Gasteiger partial charge in [-0.05, 0) is 12.1 Å². The van der Waals surface area contributed by atoms with Crippen LogP contribution in [-0.2, 0) is 10.9 Å². The topological polar surface area (TPSA) is 68.8 Å². The first-order valence-corrected chi connectivity index (χ1v) is 7.39. The third-order valence-corrected chi connectivity index (χ3v) is 3.74. The van der Waals surface area contributed by atoms with Crippen LogP contribution in [0.25, 0.3) is 0 Å². The van der Waals surface area contributed by atoms with E-state index in [0.29, 0.717) is 12.6 Å². The first-order valence-electron chi connectivity index (χ1n) is 7.39. The molecule has 0 atom stereocenters. The number of hydrogen-bond acceptors (Lipinski definition) is 4. The Morgan fingerprint density at radius 2 is 2.00 bits per heavy atom. The lowest BCUT2D eigenvalue weighted by molar-refractivity contribution is -0.908. The summed E-state index contributed by atoms with van der Waals surface area (Å²) in [6, 6.07) is 2.53. The molecule has 0 aliphatic carbocycles. The highest BCUT2D eigenvalue weighted by Gasteiger charge is 2.33. The molecule has 6 nitrogen and oxygen atoms in total. The Labute approximate surface area is 131 Å². The van der Waals surface area contributed by atoms with Gasteiger partial charge in [0, 0.05) is 19.0 Å². The summed E-state index contributed by atoms with van der Waals surface area (Å²) in [5.74, 6) is 0. The van der Waals surface area contributed by atoms with Crippen LogP contribution in [0.2, 0.25) is 0 Å². The highest BCUT2D eigenvalue weighted by molar-refractivity contribution is 5.62. The van der Waals surface area contributed by atoms with Gasteiger partial charge in [0.1, 0.15) is 18.8 Å². The number of morpholine rings is 1. The first kappa shape index (κ1) is 17.5. The van der Waals surface area contributed by atoms with Gasteiger partial charge in [-0.25, -0.2) is 0 Å². The average molecular weight is 334 g/mol. The van der Waals surface area contributed by atoms with Gasteiger partial charge in [-0.1, -0.05) is 0 Å². The highest BCUT2D eigenvalue weighted by Crippen LogP contribution is 2.34. The van der Waals surface area contributed by atoms with Crippen molar-refractivity contribution < 1.29 is 27.7 Å². The summed E-state index contributed by atoms with van der Waals surface area (Å²) in [5.41, 5.74) is -1.47. The molecule has 1 aromatic rings. The lowest BCUT2D eigenvalue weighted by atomic mass is 10.1. The number of nitro groups is 1. The molecule has 1 aliphatic rings. The molecule has 0 saturated carbocycles. The van der Waals surface area contributed by atoms with Crippen molar-refractivity contribution in [1.82, 2.24) is 0 Å². The summed E-state index contributed by atoms with van der Waals surface area (Å²) in [7, 11) is 0. The summed E-state index contributed by atoms with van der Waals surface area (Å²) in [5, 5.41) is 13.8.